The minimum absolute atomic E-state index is 0.794. The molecule has 112 valence electrons. The third-order valence-corrected chi connectivity index (χ3v) is 2.23. The Morgan fingerprint density at radius 1 is 0.895 bits per heavy atom. The Morgan fingerprint density at radius 3 is 1.32 bits per heavy atom. The van der Waals surface area contributed by atoms with Gasteiger partial charge in [0.05, 0.1) is 10.8 Å². The van der Waals surface area contributed by atoms with Gasteiger partial charge in [0, 0.05) is 0 Å². The zero-order valence-corrected chi connectivity index (χ0v) is 12.6. The average molecular weight is 276 g/mol. The van der Waals surface area contributed by atoms with Crippen molar-refractivity contribution in [2.45, 2.75) is 60.5 Å². The molecule has 0 aliphatic carbocycles. The topological polar surface area (TPSA) is 93.1 Å². The fourth-order valence-corrected chi connectivity index (χ4v) is 0.763. The van der Waals surface area contributed by atoms with Gasteiger partial charge in [-0.15, -0.1) is 0 Å². The zero-order chi connectivity index (χ0) is 15.6. The lowest BCUT2D eigenvalue weighted by atomic mass is 9.97. The molecule has 6 nitrogen and oxygen atoms in total. The number of carbonyl (C=O) groups is 2. The standard InChI is InChI=1S/C13H24O6/c1-8(14)13(17,18-9(15)11(2,3)4)19-10(16)12(5,6)7/h8,14,17H,1-7H3. The first-order chi connectivity index (χ1) is 8.20. The minimum Gasteiger partial charge on any atom is -0.396 e. The monoisotopic (exact) mass is 276 g/mol. The Kier molecular flexibility index (Phi) is 5.14. The molecule has 0 spiro atoms. The highest BCUT2D eigenvalue weighted by atomic mass is 16.8. The molecule has 1 atom stereocenters. The van der Waals surface area contributed by atoms with Crippen molar-refractivity contribution in [3.05, 3.63) is 0 Å². The summed E-state index contributed by atoms with van der Waals surface area (Å²) in [6.07, 6.45) is -1.58. The molecule has 0 aromatic heterocycles. The van der Waals surface area contributed by atoms with Crippen molar-refractivity contribution in [3.63, 3.8) is 0 Å². The van der Waals surface area contributed by atoms with Gasteiger partial charge in [-0.1, -0.05) is 0 Å². The van der Waals surface area contributed by atoms with E-state index in [9.17, 15) is 19.8 Å². The van der Waals surface area contributed by atoms with E-state index in [0.717, 1.165) is 6.92 Å². The van der Waals surface area contributed by atoms with Crippen LogP contribution < -0.4 is 0 Å². The van der Waals surface area contributed by atoms with Gasteiger partial charge in [-0.3, -0.25) is 9.59 Å². The highest BCUT2D eigenvalue weighted by Crippen LogP contribution is 2.26. The summed E-state index contributed by atoms with van der Waals surface area (Å²) in [5.41, 5.74) is -1.81. The summed E-state index contributed by atoms with van der Waals surface area (Å²) in [5.74, 6) is -4.27. The third-order valence-electron chi connectivity index (χ3n) is 2.23. The number of carbonyl (C=O) groups excluding carboxylic acids is 2. The number of hydrogen-bond acceptors (Lipinski definition) is 6. The summed E-state index contributed by atoms with van der Waals surface area (Å²) < 4.78 is 9.51. The Hall–Kier alpha value is -1.14. The van der Waals surface area contributed by atoms with Crippen molar-refractivity contribution in [1.82, 2.24) is 0 Å². The average Bonchev–Trinajstić information content (AvgIpc) is 2.13. The van der Waals surface area contributed by atoms with Crippen LogP contribution in [0.5, 0.6) is 0 Å². The van der Waals surface area contributed by atoms with Gasteiger partial charge in [-0.2, -0.15) is 0 Å². The normalized spacial score (nSPS) is 14.8. The quantitative estimate of drug-likeness (QED) is 0.594. The molecule has 0 fully saturated rings. The smallest absolute Gasteiger partial charge is 0.396 e. The van der Waals surface area contributed by atoms with Gasteiger partial charge in [0.2, 0.25) is 0 Å². The van der Waals surface area contributed by atoms with Gasteiger partial charge in [-0.05, 0) is 48.5 Å². The first kappa shape index (κ1) is 17.9. The maximum atomic E-state index is 11.7. The van der Waals surface area contributed by atoms with Crippen molar-refractivity contribution >= 4 is 11.9 Å². The molecule has 0 aromatic rings. The largest absolute Gasteiger partial charge is 0.400 e. The first-order valence-electron chi connectivity index (χ1n) is 6.07. The van der Waals surface area contributed by atoms with Gasteiger partial charge in [0.15, 0.2) is 6.10 Å². The second-order valence-corrected chi connectivity index (χ2v) is 6.59. The first-order valence-corrected chi connectivity index (χ1v) is 6.07. The molecule has 2 N–H and O–H groups in total. The third kappa shape index (κ3) is 5.16. The second-order valence-electron chi connectivity index (χ2n) is 6.59. The van der Waals surface area contributed by atoms with E-state index in [4.69, 9.17) is 9.47 Å². The summed E-state index contributed by atoms with van der Waals surface area (Å²) in [7, 11) is 0. The molecule has 0 saturated carbocycles. The maximum Gasteiger partial charge on any atom is 0.400 e. The molecule has 0 saturated heterocycles. The number of esters is 2. The van der Waals surface area contributed by atoms with Gasteiger partial charge in [0.25, 0.3) is 0 Å². The van der Waals surface area contributed by atoms with E-state index < -0.39 is 34.8 Å². The lowest BCUT2D eigenvalue weighted by Crippen LogP contribution is -2.51. The Balaban J connectivity index is 5.09. The SMILES string of the molecule is CC(O)C(O)(OC(=O)C(C)(C)C)OC(=O)C(C)(C)C. The van der Waals surface area contributed by atoms with Gasteiger partial charge >= 0.3 is 17.9 Å². The Morgan fingerprint density at radius 2 is 1.16 bits per heavy atom. The van der Waals surface area contributed by atoms with Crippen molar-refractivity contribution in [3.8, 4) is 0 Å². The molecular weight excluding hydrogens is 252 g/mol. The van der Waals surface area contributed by atoms with Gasteiger partial charge < -0.3 is 19.7 Å². The molecule has 19 heavy (non-hydrogen) atoms. The van der Waals surface area contributed by atoms with Crippen molar-refractivity contribution in [1.29, 1.82) is 0 Å². The van der Waals surface area contributed by atoms with Crippen LogP contribution in [0.3, 0.4) is 0 Å². The van der Waals surface area contributed by atoms with Crippen LogP contribution in [0.15, 0.2) is 0 Å². The second kappa shape index (κ2) is 5.46. The molecular formula is C13H24O6. The maximum absolute atomic E-state index is 11.7. The van der Waals surface area contributed by atoms with Gasteiger partial charge in [0.1, 0.15) is 0 Å². The predicted octanol–water partition coefficient (Wildman–Crippen LogP) is 1.19. The van der Waals surface area contributed by atoms with Crippen LogP contribution in [0.4, 0.5) is 0 Å². The van der Waals surface area contributed by atoms with Gasteiger partial charge in [-0.25, -0.2) is 0 Å². The van der Waals surface area contributed by atoms with E-state index in [0.29, 0.717) is 0 Å². The number of aliphatic hydroxyl groups is 2. The molecule has 0 bridgehead atoms. The molecule has 0 heterocycles. The molecule has 0 aliphatic heterocycles. The van der Waals surface area contributed by atoms with Crippen molar-refractivity contribution < 1.29 is 29.3 Å². The molecule has 0 rings (SSSR count). The Labute approximate surface area is 113 Å². The number of aliphatic hydroxyl groups excluding tert-OH is 1. The van der Waals surface area contributed by atoms with Crippen LogP contribution in [0.25, 0.3) is 0 Å². The molecule has 6 heteroatoms. The van der Waals surface area contributed by atoms with E-state index >= 15 is 0 Å². The lowest BCUT2D eigenvalue weighted by Gasteiger charge is -2.33. The molecule has 1 unspecified atom stereocenters. The van der Waals surface area contributed by atoms with E-state index in [-0.39, 0.29) is 0 Å². The highest BCUT2D eigenvalue weighted by molar-refractivity contribution is 5.77. The fourth-order valence-electron chi connectivity index (χ4n) is 0.763. The molecule has 0 amide bonds. The number of hydrogen-bond donors (Lipinski definition) is 2. The van der Waals surface area contributed by atoms with Crippen LogP contribution in [-0.2, 0) is 19.1 Å². The van der Waals surface area contributed by atoms with E-state index in [1.807, 2.05) is 0 Å². The van der Waals surface area contributed by atoms with Crippen LogP contribution in [0.2, 0.25) is 0 Å². The Bertz CT molecular complexity index is 317. The van der Waals surface area contributed by atoms with Crippen LogP contribution >= 0.6 is 0 Å². The predicted molar refractivity (Wildman–Crippen MR) is 67.7 cm³/mol. The minimum atomic E-state index is -2.69. The number of rotatable bonds is 3. The van der Waals surface area contributed by atoms with Crippen LogP contribution in [-0.4, -0.2) is 34.2 Å². The number of ether oxygens (including phenoxy) is 2. The summed E-state index contributed by atoms with van der Waals surface area (Å²) in [4.78, 5) is 23.5. The van der Waals surface area contributed by atoms with E-state index in [1.54, 1.807) is 41.5 Å². The van der Waals surface area contributed by atoms with Crippen molar-refractivity contribution in [2.24, 2.45) is 10.8 Å². The van der Waals surface area contributed by atoms with Crippen molar-refractivity contribution in [2.75, 3.05) is 0 Å². The molecule has 0 radical (unpaired) electrons. The summed E-state index contributed by atoms with van der Waals surface area (Å²) >= 11 is 0. The fraction of sp³-hybridized carbons (Fsp3) is 0.846. The van der Waals surface area contributed by atoms with E-state index in [2.05, 4.69) is 0 Å². The summed E-state index contributed by atoms with van der Waals surface area (Å²) in [6, 6.07) is 0. The molecule has 0 aliphatic rings. The van der Waals surface area contributed by atoms with Crippen LogP contribution in [0, 0.1) is 10.8 Å². The lowest BCUT2D eigenvalue weighted by molar-refractivity contribution is -0.362. The molecule has 0 aromatic carbocycles. The summed E-state index contributed by atoms with van der Waals surface area (Å²) in [6.45, 7) is 10.6. The van der Waals surface area contributed by atoms with E-state index in [1.165, 1.54) is 0 Å². The zero-order valence-electron chi connectivity index (χ0n) is 12.6. The summed E-state index contributed by atoms with van der Waals surface area (Å²) in [5, 5.41) is 19.5. The highest BCUT2D eigenvalue weighted by Gasteiger charge is 2.46. The van der Waals surface area contributed by atoms with Crippen LogP contribution in [0.1, 0.15) is 48.5 Å².